The fraction of sp³-hybridized carbons (Fsp3) is 0.562. The van der Waals surface area contributed by atoms with Crippen molar-refractivity contribution in [1.29, 1.82) is 0 Å². The maximum atomic E-state index is 11.9. The summed E-state index contributed by atoms with van der Waals surface area (Å²) in [6, 6.07) is 7.74. The third kappa shape index (κ3) is 6.49. The SMILES string of the molecule is CCC(COC)Nc1ccccc1NC(=O)OC(C)(C)C. The summed E-state index contributed by atoms with van der Waals surface area (Å²) >= 11 is 0. The Kier molecular flexibility index (Phi) is 6.49. The van der Waals surface area contributed by atoms with E-state index in [1.807, 2.05) is 45.0 Å². The number of methoxy groups -OCH3 is 1. The third-order valence-electron chi connectivity index (χ3n) is 2.78. The van der Waals surface area contributed by atoms with Gasteiger partial charge in [-0.15, -0.1) is 0 Å². The second kappa shape index (κ2) is 7.88. The topological polar surface area (TPSA) is 59.6 Å². The van der Waals surface area contributed by atoms with E-state index in [0.717, 1.165) is 12.1 Å². The summed E-state index contributed by atoms with van der Waals surface area (Å²) in [5.74, 6) is 0. The number of rotatable bonds is 6. The number of hydrogen-bond acceptors (Lipinski definition) is 4. The van der Waals surface area contributed by atoms with Gasteiger partial charge in [-0.1, -0.05) is 19.1 Å². The van der Waals surface area contributed by atoms with E-state index < -0.39 is 11.7 Å². The molecule has 1 aromatic carbocycles. The second-order valence-corrected chi connectivity index (χ2v) is 5.88. The van der Waals surface area contributed by atoms with Gasteiger partial charge in [-0.25, -0.2) is 4.79 Å². The predicted octanol–water partition coefficient (Wildman–Crippen LogP) is 3.87. The molecule has 1 rings (SSSR count). The Morgan fingerprint density at radius 1 is 1.24 bits per heavy atom. The third-order valence-corrected chi connectivity index (χ3v) is 2.78. The minimum Gasteiger partial charge on any atom is -0.444 e. The van der Waals surface area contributed by atoms with Gasteiger partial charge in [-0.05, 0) is 39.3 Å². The van der Waals surface area contributed by atoms with Gasteiger partial charge in [0.15, 0.2) is 0 Å². The highest BCUT2D eigenvalue weighted by Crippen LogP contribution is 2.23. The van der Waals surface area contributed by atoms with E-state index in [-0.39, 0.29) is 6.04 Å². The molecule has 0 saturated heterocycles. The zero-order valence-corrected chi connectivity index (χ0v) is 13.5. The zero-order valence-electron chi connectivity index (χ0n) is 13.5. The van der Waals surface area contributed by atoms with Crippen molar-refractivity contribution in [2.45, 2.75) is 45.8 Å². The minimum absolute atomic E-state index is 0.191. The van der Waals surface area contributed by atoms with Crippen LogP contribution in [0.5, 0.6) is 0 Å². The smallest absolute Gasteiger partial charge is 0.412 e. The summed E-state index contributed by atoms with van der Waals surface area (Å²) in [6.07, 6.45) is 0.464. The molecule has 0 aromatic heterocycles. The molecule has 1 aromatic rings. The molecule has 118 valence electrons. The first-order valence-electron chi connectivity index (χ1n) is 7.20. The normalized spacial score (nSPS) is 12.6. The van der Waals surface area contributed by atoms with Crippen LogP contribution in [0.1, 0.15) is 34.1 Å². The number of benzene rings is 1. The molecule has 5 heteroatoms. The molecule has 21 heavy (non-hydrogen) atoms. The van der Waals surface area contributed by atoms with Gasteiger partial charge in [-0.2, -0.15) is 0 Å². The summed E-state index contributed by atoms with van der Waals surface area (Å²) in [7, 11) is 1.68. The van der Waals surface area contributed by atoms with Gasteiger partial charge in [0.2, 0.25) is 0 Å². The molecular weight excluding hydrogens is 268 g/mol. The van der Waals surface area contributed by atoms with Gasteiger partial charge in [0.1, 0.15) is 5.60 Å². The van der Waals surface area contributed by atoms with E-state index in [4.69, 9.17) is 9.47 Å². The van der Waals surface area contributed by atoms with Crippen molar-refractivity contribution in [3.8, 4) is 0 Å². The Bertz CT molecular complexity index is 455. The number of anilines is 2. The average molecular weight is 294 g/mol. The highest BCUT2D eigenvalue weighted by Gasteiger charge is 2.17. The van der Waals surface area contributed by atoms with Crippen molar-refractivity contribution < 1.29 is 14.3 Å². The lowest BCUT2D eigenvalue weighted by atomic mass is 10.2. The van der Waals surface area contributed by atoms with Crippen molar-refractivity contribution in [2.75, 3.05) is 24.4 Å². The molecule has 2 N–H and O–H groups in total. The van der Waals surface area contributed by atoms with Crippen LogP contribution in [0.4, 0.5) is 16.2 Å². The summed E-state index contributed by atoms with van der Waals surface area (Å²) in [4.78, 5) is 11.9. The molecule has 0 saturated carbocycles. The fourth-order valence-electron chi connectivity index (χ4n) is 1.81. The van der Waals surface area contributed by atoms with Crippen molar-refractivity contribution in [3.05, 3.63) is 24.3 Å². The van der Waals surface area contributed by atoms with E-state index in [2.05, 4.69) is 17.6 Å². The van der Waals surface area contributed by atoms with Crippen molar-refractivity contribution in [1.82, 2.24) is 0 Å². The van der Waals surface area contributed by atoms with E-state index in [1.165, 1.54) is 0 Å². The zero-order chi connectivity index (χ0) is 15.9. The van der Waals surface area contributed by atoms with E-state index >= 15 is 0 Å². The highest BCUT2D eigenvalue weighted by molar-refractivity contribution is 5.89. The Balaban J connectivity index is 2.77. The second-order valence-electron chi connectivity index (χ2n) is 5.88. The molecule has 0 fully saturated rings. The van der Waals surface area contributed by atoms with Crippen LogP contribution in [0, 0.1) is 0 Å². The van der Waals surface area contributed by atoms with Gasteiger partial charge in [-0.3, -0.25) is 5.32 Å². The predicted molar refractivity (Wildman–Crippen MR) is 85.9 cm³/mol. The maximum absolute atomic E-state index is 11.9. The number of ether oxygens (including phenoxy) is 2. The molecule has 0 radical (unpaired) electrons. The summed E-state index contributed by atoms with van der Waals surface area (Å²) in [5.41, 5.74) is 1.03. The quantitative estimate of drug-likeness (QED) is 0.836. The minimum atomic E-state index is -0.519. The van der Waals surface area contributed by atoms with Gasteiger partial charge in [0, 0.05) is 13.2 Å². The first-order valence-corrected chi connectivity index (χ1v) is 7.20. The van der Waals surface area contributed by atoms with Crippen LogP contribution in [-0.2, 0) is 9.47 Å². The van der Waals surface area contributed by atoms with Crippen LogP contribution in [0.3, 0.4) is 0 Å². The standard InChI is InChI=1S/C16H26N2O3/c1-6-12(11-20-5)17-13-9-7-8-10-14(13)18-15(19)21-16(2,3)4/h7-10,12,17H,6,11H2,1-5H3,(H,18,19). The average Bonchev–Trinajstić information content (AvgIpc) is 2.38. The number of hydrogen-bond donors (Lipinski definition) is 2. The Hall–Kier alpha value is -1.75. The van der Waals surface area contributed by atoms with Crippen molar-refractivity contribution in [2.24, 2.45) is 0 Å². The van der Waals surface area contributed by atoms with Crippen LogP contribution in [-0.4, -0.2) is 31.5 Å². The Labute approximate surface area is 127 Å². The maximum Gasteiger partial charge on any atom is 0.412 e. The van der Waals surface area contributed by atoms with Gasteiger partial charge in [0.05, 0.1) is 18.0 Å². The fourth-order valence-corrected chi connectivity index (χ4v) is 1.81. The number of amides is 1. The molecule has 1 unspecified atom stereocenters. The molecule has 0 spiro atoms. The van der Waals surface area contributed by atoms with Crippen molar-refractivity contribution in [3.63, 3.8) is 0 Å². The Morgan fingerprint density at radius 2 is 1.86 bits per heavy atom. The summed E-state index contributed by atoms with van der Waals surface area (Å²) in [5, 5.41) is 6.15. The lowest BCUT2D eigenvalue weighted by Gasteiger charge is -2.22. The molecule has 0 aliphatic heterocycles. The number of nitrogens with one attached hydrogen (secondary N) is 2. The molecule has 1 amide bonds. The van der Waals surface area contributed by atoms with Crippen LogP contribution < -0.4 is 10.6 Å². The van der Waals surface area contributed by atoms with Gasteiger partial charge >= 0.3 is 6.09 Å². The molecule has 0 aliphatic carbocycles. The largest absolute Gasteiger partial charge is 0.444 e. The van der Waals surface area contributed by atoms with E-state index in [0.29, 0.717) is 12.3 Å². The lowest BCUT2D eigenvalue weighted by Crippen LogP contribution is -2.28. The summed E-state index contributed by atoms with van der Waals surface area (Å²) in [6.45, 7) is 8.20. The summed E-state index contributed by atoms with van der Waals surface area (Å²) < 4.78 is 10.5. The number of para-hydroxylation sites is 2. The first-order chi connectivity index (χ1) is 9.85. The first kappa shape index (κ1) is 17.3. The van der Waals surface area contributed by atoms with E-state index in [9.17, 15) is 4.79 Å². The van der Waals surface area contributed by atoms with Crippen LogP contribution in [0.2, 0.25) is 0 Å². The molecule has 0 bridgehead atoms. The highest BCUT2D eigenvalue weighted by atomic mass is 16.6. The molecule has 5 nitrogen and oxygen atoms in total. The van der Waals surface area contributed by atoms with E-state index in [1.54, 1.807) is 7.11 Å². The molecule has 1 atom stereocenters. The van der Waals surface area contributed by atoms with Gasteiger partial charge < -0.3 is 14.8 Å². The number of carbonyl (C=O) groups is 1. The van der Waals surface area contributed by atoms with Crippen LogP contribution >= 0.6 is 0 Å². The lowest BCUT2D eigenvalue weighted by molar-refractivity contribution is 0.0636. The number of carbonyl (C=O) groups excluding carboxylic acids is 1. The van der Waals surface area contributed by atoms with Crippen molar-refractivity contribution >= 4 is 17.5 Å². The molecule has 0 heterocycles. The van der Waals surface area contributed by atoms with Crippen LogP contribution in [0.25, 0.3) is 0 Å². The monoisotopic (exact) mass is 294 g/mol. The van der Waals surface area contributed by atoms with Crippen LogP contribution in [0.15, 0.2) is 24.3 Å². The molecular formula is C16H26N2O3. The molecule has 0 aliphatic rings. The Morgan fingerprint density at radius 3 is 2.38 bits per heavy atom. The van der Waals surface area contributed by atoms with Gasteiger partial charge in [0.25, 0.3) is 0 Å².